The van der Waals surface area contributed by atoms with Gasteiger partial charge in [0.1, 0.15) is 19.0 Å². The van der Waals surface area contributed by atoms with Crippen LogP contribution < -0.4 is 19.5 Å². The fourth-order valence-corrected chi connectivity index (χ4v) is 3.48. The van der Waals surface area contributed by atoms with Crippen molar-refractivity contribution in [1.29, 1.82) is 0 Å². The minimum atomic E-state index is -0.0834. The Labute approximate surface area is 158 Å². The van der Waals surface area contributed by atoms with Crippen LogP contribution in [0.1, 0.15) is 24.1 Å². The number of carbonyl (C=O) groups excluding carboxylic acids is 1. The lowest BCUT2D eigenvalue weighted by atomic mass is 10.1. The van der Waals surface area contributed by atoms with E-state index in [1.807, 2.05) is 49.4 Å². The molecule has 1 atom stereocenters. The highest BCUT2D eigenvalue weighted by Crippen LogP contribution is 2.32. The van der Waals surface area contributed by atoms with E-state index in [0.29, 0.717) is 19.0 Å². The monoisotopic (exact) mass is 373 g/mol. The number of carbonyl (C=O) groups is 1. The predicted molar refractivity (Wildman–Crippen MR) is 103 cm³/mol. The van der Waals surface area contributed by atoms with Crippen molar-refractivity contribution in [2.75, 3.05) is 26.1 Å². The summed E-state index contributed by atoms with van der Waals surface area (Å²) in [5.41, 5.74) is 2.17. The highest BCUT2D eigenvalue weighted by Gasteiger charge is 2.15. The second kappa shape index (κ2) is 8.85. The van der Waals surface area contributed by atoms with Gasteiger partial charge in [0.2, 0.25) is 5.91 Å². The number of ether oxygens (including phenoxy) is 3. The Morgan fingerprint density at radius 2 is 1.88 bits per heavy atom. The summed E-state index contributed by atoms with van der Waals surface area (Å²) in [5.74, 6) is 3.56. The fraction of sp³-hybridized carbons (Fsp3) is 0.350. The van der Waals surface area contributed by atoms with Gasteiger partial charge in [-0.2, -0.15) is 0 Å². The van der Waals surface area contributed by atoms with Crippen LogP contribution in [0.15, 0.2) is 42.5 Å². The normalized spacial score (nSPS) is 13.8. The van der Waals surface area contributed by atoms with Gasteiger partial charge in [-0.1, -0.05) is 18.2 Å². The molecule has 3 rings (SSSR count). The smallest absolute Gasteiger partial charge is 0.230 e. The van der Waals surface area contributed by atoms with E-state index in [9.17, 15) is 4.79 Å². The van der Waals surface area contributed by atoms with Crippen LogP contribution in [-0.2, 0) is 10.5 Å². The van der Waals surface area contributed by atoms with Gasteiger partial charge >= 0.3 is 0 Å². The number of hydrogen-bond acceptors (Lipinski definition) is 5. The number of methoxy groups -OCH3 is 1. The molecule has 1 amide bonds. The Morgan fingerprint density at radius 1 is 1.15 bits per heavy atom. The minimum absolute atomic E-state index is 0.0194. The van der Waals surface area contributed by atoms with Gasteiger partial charge in [-0.25, -0.2) is 0 Å². The summed E-state index contributed by atoms with van der Waals surface area (Å²) < 4.78 is 16.3. The first-order valence-corrected chi connectivity index (χ1v) is 9.71. The number of fused-ring (bicyclic) bond motifs is 1. The van der Waals surface area contributed by atoms with Gasteiger partial charge in [0.25, 0.3) is 0 Å². The Hall–Kier alpha value is -2.34. The van der Waals surface area contributed by atoms with E-state index in [4.69, 9.17) is 14.2 Å². The molecule has 138 valence electrons. The van der Waals surface area contributed by atoms with Crippen LogP contribution in [0.3, 0.4) is 0 Å². The topological polar surface area (TPSA) is 56.8 Å². The standard InChI is InChI=1S/C20H23NO4S/c1-14(16-5-8-18-19(11-16)25-10-9-24-18)21-20(22)13-26-12-15-3-6-17(23-2)7-4-15/h3-8,11,14H,9-10,12-13H2,1-2H3,(H,21,22). The van der Waals surface area contributed by atoms with Crippen molar-refractivity contribution < 1.29 is 19.0 Å². The Balaban J connectivity index is 1.46. The molecule has 5 nitrogen and oxygen atoms in total. The Morgan fingerprint density at radius 3 is 2.62 bits per heavy atom. The summed E-state index contributed by atoms with van der Waals surface area (Å²) in [5, 5.41) is 3.03. The van der Waals surface area contributed by atoms with Crippen LogP contribution in [-0.4, -0.2) is 32.0 Å². The maximum Gasteiger partial charge on any atom is 0.230 e. The van der Waals surface area contributed by atoms with Crippen LogP contribution in [0.5, 0.6) is 17.2 Å². The van der Waals surface area contributed by atoms with E-state index >= 15 is 0 Å². The molecule has 1 aliphatic heterocycles. The van der Waals surface area contributed by atoms with Crippen LogP contribution in [0.4, 0.5) is 0 Å². The zero-order valence-electron chi connectivity index (χ0n) is 15.0. The van der Waals surface area contributed by atoms with Gasteiger partial charge in [-0.05, 0) is 42.3 Å². The lowest BCUT2D eigenvalue weighted by Crippen LogP contribution is -2.28. The quantitative estimate of drug-likeness (QED) is 0.804. The number of rotatable bonds is 7. The molecule has 0 radical (unpaired) electrons. The summed E-state index contributed by atoms with van der Waals surface area (Å²) in [6, 6.07) is 13.6. The van der Waals surface area contributed by atoms with Gasteiger partial charge in [0.05, 0.1) is 18.9 Å². The van der Waals surface area contributed by atoms with Crippen molar-refractivity contribution in [2.24, 2.45) is 0 Å². The molecule has 0 aliphatic carbocycles. The summed E-state index contributed by atoms with van der Waals surface area (Å²) in [6.45, 7) is 3.10. The highest BCUT2D eigenvalue weighted by molar-refractivity contribution is 7.99. The summed E-state index contributed by atoms with van der Waals surface area (Å²) in [7, 11) is 1.65. The molecule has 1 N–H and O–H groups in total. The number of hydrogen-bond donors (Lipinski definition) is 1. The molecule has 6 heteroatoms. The van der Waals surface area contributed by atoms with Crippen molar-refractivity contribution >= 4 is 17.7 Å². The molecule has 0 fully saturated rings. The Bertz CT molecular complexity index is 748. The minimum Gasteiger partial charge on any atom is -0.497 e. The third-order valence-electron chi connectivity index (χ3n) is 4.10. The molecule has 2 aromatic carbocycles. The van der Waals surface area contributed by atoms with Gasteiger partial charge in [0, 0.05) is 5.75 Å². The second-order valence-corrected chi connectivity index (χ2v) is 7.02. The van der Waals surface area contributed by atoms with Gasteiger partial charge in [0.15, 0.2) is 11.5 Å². The molecular weight excluding hydrogens is 350 g/mol. The van der Waals surface area contributed by atoms with Crippen LogP contribution >= 0.6 is 11.8 Å². The Kier molecular flexibility index (Phi) is 6.28. The first-order chi connectivity index (χ1) is 12.7. The molecule has 0 saturated carbocycles. The average molecular weight is 373 g/mol. The van der Waals surface area contributed by atoms with Gasteiger partial charge in [-0.3, -0.25) is 4.79 Å². The van der Waals surface area contributed by atoms with Crippen molar-refractivity contribution in [1.82, 2.24) is 5.32 Å². The molecular formula is C20H23NO4S. The van der Waals surface area contributed by atoms with Crippen molar-refractivity contribution in [3.05, 3.63) is 53.6 Å². The SMILES string of the molecule is COc1ccc(CSCC(=O)NC(C)c2ccc3c(c2)OCCO3)cc1. The summed E-state index contributed by atoms with van der Waals surface area (Å²) >= 11 is 1.59. The maximum absolute atomic E-state index is 12.2. The van der Waals surface area contributed by atoms with Crippen molar-refractivity contribution in [3.8, 4) is 17.2 Å². The van der Waals surface area contributed by atoms with Crippen LogP contribution in [0, 0.1) is 0 Å². The van der Waals surface area contributed by atoms with Crippen molar-refractivity contribution in [2.45, 2.75) is 18.7 Å². The molecule has 1 heterocycles. The number of thioether (sulfide) groups is 1. The molecule has 0 aromatic heterocycles. The molecule has 1 unspecified atom stereocenters. The third-order valence-corrected chi connectivity index (χ3v) is 5.11. The molecule has 0 spiro atoms. The van der Waals surface area contributed by atoms with E-state index in [0.717, 1.165) is 28.6 Å². The van der Waals surface area contributed by atoms with Crippen LogP contribution in [0.25, 0.3) is 0 Å². The van der Waals surface area contributed by atoms with E-state index in [2.05, 4.69) is 5.32 Å². The predicted octanol–water partition coefficient (Wildman–Crippen LogP) is 3.58. The van der Waals surface area contributed by atoms with E-state index in [1.165, 1.54) is 5.56 Å². The molecule has 0 bridgehead atoms. The molecule has 0 saturated heterocycles. The largest absolute Gasteiger partial charge is 0.497 e. The first-order valence-electron chi connectivity index (χ1n) is 8.55. The molecule has 2 aromatic rings. The number of amides is 1. The average Bonchev–Trinajstić information content (AvgIpc) is 2.68. The molecule has 1 aliphatic rings. The van der Waals surface area contributed by atoms with Gasteiger partial charge in [-0.15, -0.1) is 11.8 Å². The van der Waals surface area contributed by atoms with E-state index < -0.39 is 0 Å². The summed E-state index contributed by atoms with van der Waals surface area (Å²) in [4.78, 5) is 12.2. The zero-order valence-corrected chi connectivity index (χ0v) is 15.8. The lowest BCUT2D eigenvalue weighted by molar-refractivity contribution is -0.119. The summed E-state index contributed by atoms with van der Waals surface area (Å²) in [6.07, 6.45) is 0. The zero-order chi connectivity index (χ0) is 18.4. The molecule has 26 heavy (non-hydrogen) atoms. The third kappa shape index (κ3) is 4.85. The second-order valence-electron chi connectivity index (χ2n) is 6.03. The fourth-order valence-electron chi connectivity index (χ4n) is 2.68. The van der Waals surface area contributed by atoms with Crippen molar-refractivity contribution in [3.63, 3.8) is 0 Å². The highest BCUT2D eigenvalue weighted by atomic mass is 32.2. The first kappa shape index (κ1) is 18.5. The lowest BCUT2D eigenvalue weighted by Gasteiger charge is -2.21. The van der Waals surface area contributed by atoms with E-state index in [1.54, 1.807) is 18.9 Å². The number of benzene rings is 2. The van der Waals surface area contributed by atoms with Gasteiger partial charge < -0.3 is 19.5 Å². The van der Waals surface area contributed by atoms with Crippen LogP contribution in [0.2, 0.25) is 0 Å². The maximum atomic E-state index is 12.2. The van der Waals surface area contributed by atoms with E-state index in [-0.39, 0.29) is 11.9 Å². The number of nitrogens with one attached hydrogen (secondary N) is 1.